The van der Waals surface area contributed by atoms with Crippen molar-refractivity contribution in [3.63, 3.8) is 0 Å². The molecule has 134 valence electrons. The predicted molar refractivity (Wildman–Crippen MR) is 106 cm³/mol. The lowest BCUT2D eigenvalue weighted by atomic mass is 10.1. The summed E-state index contributed by atoms with van der Waals surface area (Å²) in [4.78, 5) is 17.4. The quantitative estimate of drug-likeness (QED) is 0.437. The summed E-state index contributed by atoms with van der Waals surface area (Å²) in [6, 6.07) is 24.2. The van der Waals surface area contributed by atoms with Crippen molar-refractivity contribution in [3.05, 3.63) is 95.3 Å². The number of aromatic nitrogens is 2. The van der Waals surface area contributed by atoms with Crippen LogP contribution >= 0.6 is 11.6 Å². The fourth-order valence-corrected chi connectivity index (χ4v) is 3.08. The standard InChI is InChI=1S/C22H17ClN2O2/c23-17-10-12-18(13-11-17)27-15-22-24-19-8-4-5-9-20(19)25(22)14-21(26)16-6-2-1-3-7-16/h1-13H,14-15H2. The summed E-state index contributed by atoms with van der Waals surface area (Å²) in [5.41, 5.74) is 2.43. The largest absolute Gasteiger partial charge is 0.486 e. The Hall–Kier alpha value is -3.11. The zero-order valence-electron chi connectivity index (χ0n) is 14.5. The van der Waals surface area contributed by atoms with Gasteiger partial charge in [-0.1, -0.05) is 54.1 Å². The lowest BCUT2D eigenvalue weighted by molar-refractivity contribution is 0.0971. The molecule has 0 saturated heterocycles. The number of carbonyl (C=O) groups is 1. The molecule has 27 heavy (non-hydrogen) atoms. The van der Waals surface area contributed by atoms with Gasteiger partial charge in [0.05, 0.1) is 17.6 Å². The molecule has 4 nitrogen and oxygen atoms in total. The molecule has 5 heteroatoms. The van der Waals surface area contributed by atoms with Crippen LogP contribution in [0.15, 0.2) is 78.9 Å². The molecule has 0 unspecified atom stereocenters. The Balaban J connectivity index is 1.62. The number of hydrogen-bond acceptors (Lipinski definition) is 3. The number of halogens is 1. The Morgan fingerprint density at radius 1 is 0.926 bits per heavy atom. The molecule has 0 aliphatic rings. The van der Waals surface area contributed by atoms with Crippen LogP contribution in [0.5, 0.6) is 5.75 Å². The minimum absolute atomic E-state index is 0.0338. The predicted octanol–water partition coefficient (Wildman–Crippen LogP) is 5.15. The van der Waals surface area contributed by atoms with E-state index in [2.05, 4.69) is 4.98 Å². The van der Waals surface area contributed by atoms with E-state index in [0.717, 1.165) is 11.0 Å². The van der Waals surface area contributed by atoms with Crippen LogP contribution in [-0.4, -0.2) is 15.3 Å². The van der Waals surface area contributed by atoms with E-state index in [1.165, 1.54) is 0 Å². The fraction of sp³-hybridized carbons (Fsp3) is 0.0909. The summed E-state index contributed by atoms with van der Waals surface area (Å²) in [5, 5.41) is 0.656. The van der Waals surface area contributed by atoms with Gasteiger partial charge in [0.25, 0.3) is 0 Å². The molecule has 0 aliphatic carbocycles. The summed E-state index contributed by atoms with van der Waals surface area (Å²) in [7, 11) is 0. The van der Waals surface area contributed by atoms with Crippen molar-refractivity contribution in [1.29, 1.82) is 0 Å². The molecule has 0 radical (unpaired) electrons. The molecule has 0 amide bonds. The molecular formula is C22H17ClN2O2. The Morgan fingerprint density at radius 2 is 1.63 bits per heavy atom. The van der Waals surface area contributed by atoms with E-state index in [-0.39, 0.29) is 18.9 Å². The molecule has 0 bridgehead atoms. The third kappa shape index (κ3) is 3.86. The van der Waals surface area contributed by atoms with Crippen molar-refractivity contribution in [2.75, 3.05) is 0 Å². The highest BCUT2D eigenvalue weighted by Gasteiger charge is 2.15. The molecule has 0 fully saturated rings. The van der Waals surface area contributed by atoms with Crippen LogP contribution in [0.3, 0.4) is 0 Å². The van der Waals surface area contributed by atoms with Crippen molar-refractivity contribution in [1.82, 2.24) is 9.55 Å². The van der Waals surface area contributed by atoms with Gasteiger partial charge in [-0.3, -0.25) is 4.79 Å². The Bertz CT molecular complexity index is 1070. The van der Waals surface area contributed by atoms with Crippen molar-refractivity contribution < 1.29 is 9.53 Å². The van der Waals surface area contributed by atoms with Crippen LogP contribution in [-0.2, 0) is 13.2 Å². The number of Topliss-reactive ketones (excluding diaryl/α,β-unsaturated/α-hetero) is 1. The number of para-hydroxylation sites is 2. The van der Waals surface area contributed by atoms with E-state index < -0.39 is 0 Å². The van der Waals surface area contributed by atoms with Gasteiger partial charge < -0.3 is 9.30 Å². The van der Waals surface area contributed by atoms with Crippen LogP contribution < -0.4 is 4.74 Å². The van der Waals surface area contributed by atoms with E-state index in [1.54, 1.807) is 12.1 Å². The number of ketones is 1. The van der Waals surface area contributed by atoms with Crippen LogP contribution in [0.1, 0.15) is 16.2 Å². The van der Waals surface area contributed by atoms with Gasteiger partial charge in [-0.15, -0.1) is 0 Å². The maximum absolute atomic E-state index is 12.7. The smallest absolute Gasteiger partial charge is 0.182 e. The summed E-state index contributed by atoms with van der Waals surface area (Å²) in [6.45, 7) is 0.474. The van der Waals surface area contributed by atoms with Gasteiger partial charge in [-0.2, -0.15) is 0 Å². The number of hydrogen-bond donors (Lipinski definition) is 0. The molecule has 0 aliphatic heterocycles. The maximum atomic E-state index is 12.7. The first-order chi connectivity index (χ1) is 13.2. The van der Waals surface area contributed by atoms with Gasteiger partial charge in [-0.05, 0) is 36.4 Å². The lowest BCUT2D eigenvalue weighted by Gasteiger charge is -2.10. The highest BCUT2D eigenvalue weighted by Crippen LogP contribution is 2.20. The second-order valence-corrected chi connectivity index (χ2v) is 6.57. The Labute approximate surface area is 162 Å². The summed E-state index contributed by atoms with van der Waals surface area (Å²) >= 11 is 5.91. The second kappa shape index (κ2) is 7.64. The second-order valence-electron chi connectivity index (χ2n) is 6.13. The van der Waals surface area contributed by atoms with E-state index in [9.17, 15) is 4.79 Å². The third-order valence-electron chi connectivity index (χ3n) is 4.31. The molecule has 0 N–H and O–H groups in total. The first-order valence-electron chi connectivity index (χ1n) is 8.61. The van der Waals surface area contributed by atoms with E-state index in [1.807, 2.05) is 71.3 Å². The van der Waals surface area contributed by atoms with Crippen LogP contribution in [0.4, 0.5) is 0 Å². The molecule has 1 aromatic heterocycles. The van der Waals surface area contributed by atoms with Crippen LogP contribution in [0.2, 0.25) is 5.02 Å². The number of carbonyl (C=O) groups excluding carboxylic acids is 1. The van der Waals surface area contributed by atoms with Gasteiger partial charge in [-0.25, -0.2) is 4.98 Å². The monoisotopic (exact) mass is 376 g/mol. The molecule has 0 atom stereocenters. The number of fused-ring (bicyclic) bond motifs is 1. The van der Waals surface area contributed by atoms with Gasteiger partial charge in [0, 0.05) is 10.6 Å². The van der Waals surface area contributed by atoms with Crippen molar-refractivity contribution in [3.8, 4) is 5.75 Å². The molecule has 0 saturated carbocycles. The van der Waals surface area contributed by atoms with Gasteiger partial charge in [0.15, 0.2) is 5.78 Å². The SMILES string of the molecule is O=C(Cn1c(COc2ccc(Cl)cc2)nc2ccccc21)c1ccccc1. The average Bonchev–Trinajstić information content (AvgIpc) is 3.06. The van der Waals surface area contributed by atoms with Crippen molar-refractivity contribution in [2.24, 2.45) is 0 Å². The first kappa shape index (κ1) is 17.3. The van der Waals surface area contributed by atoms with Crippen molar-refractivity contribution in [2.45, 2.75) is 13.2 Å². The molecule has 3 aromatic carbocycles. The Kier molecular flexibility index (Phi) is 4.90. The number of ether oxygens (including phenoxy) is 1. The highest BCUT2D eigenvalue weighted by molar-refractivity contribution is 6.30. The van der Waals surface area contributed by atoms with Crippen molar-refractivity contribution >= 4 is 28.4 Å². The summed E-state index contributed by atoms with van der Waals surface area (Å²) in [6.07, 6.45) is 0. The number of rotatable bonds is 6. The lowest BCUT2D eigenvalue weighted by Crippen LogP contribution is -2.14. The first-order valence-corrected chi connectivity index (χ1v) is 8.99. The molecule has 4 rings (SSSR count). The zero-order valence-corrected chi connectivity index (χ0v) is 15.3. The van der Waals surface area contributed by atoms with E-state index in [0.29, 0.717) is 22.2 Å². The number of imidazole rings is 1. The molecule has 0 spiro atoms. The highest BCUT2D eigenvalue weighted by atomic mass is 35.5. The van der Waals surface area contributed by atoms with Crippen LogP contribution in [0.25, 0.3) is 11.0 Å². The summed E-state index contributed by atoms with van der Waals surface area (Å²) in [5.74, 6) is 1.44. The molecular weight excluding hydrogens is 360 g/mol. The fourth-order valence-electron chi connectivity index (χ4n) is 2.95. The minimum atomic E-state index is 0.0338. The topological polar surface area (TPSA) is 44.1 Å². The normalized spacial score (nSPS) is 10.9. The average molecular weight is 377 g/mol. The molecule has 1 heterocycles. The number of nitrogens with zero attached hydrogens (tertiary/aromatic N) is 2. The van der Waals surface area contributed by atoms with Crippen LogP contribution in [0, 0.1) is 0 Å². The van der Waals surface area contributed by atoms with Gasteiger partial charge in [0.2, 0.25) is 0 Å². The van der Waals surface area contributed by atoms with E-state index >= 15 is 0 Å². The minimum Gasteiger partial charge on any atom is -0.486 e. The van der Waals surface area contributed by atoms with Gasteiger partial charge in [0.1, 0.15) is 18.2 Å². The number of benzene rings is 3. The molecule has 4 aromatic rings. The van der Waals surface area contributed by atoms with Gasteiger partial charge >= 0.3 is 0 Å². The zero-order chi connectivity index (χ0) is 18.6. The summed E-state index contributed by atoms with van der Waals surface area (Å²) < 4.78 is 7.77. The third-order valence-corrected chi connectivity index (χ3v) is 4.56. The van der Waals surface area contributed by atoms with E-state index in [4.69, 9.17) is 16.3 Å². The maximum Gasteiger partial charge on any atom is 0.182 e. The Morgan fingerprint density at radius 3 is 2.41 bits per heavy atom.